The second kappa shape index (κ2) is 8.82. The van der Waals surface area contributed by atoms with Crippen LogP contribution in [0.5, 0.6) is 0 Å². The van der Waals surface area contributed by atoms with Crippen LogP contribution in [0.15, 0.2) is 0 Å². The minimum Gasteiger partial charge on any atom is -0.480 e. The van der Waals surface area contributed by atoms with Gasteiger partial charge in [0.05, 0.1) is 0 Å². The van der Waals surface area contributed by atoms with Gasteiger partial charge < -0.3 is 10.2 Å². The van der Waals surface area contributed by atoms with Gasteiger partial charge in [0.15, 0.2) is 0 Å². The fraction of sp³-hybridized carbons (Fsp3) is 0.750. The first kappa shape index (κ1) is 17.0. The van der Waals surface area contributed by atoms with Crippen molar-refractivity contribution in [3.8, 4) is 0 Å². The molecule has 0 aromatic carbocycles. The molecule has 7 heteroatoms. The number of hydrogen-bond donors (Lipinski definition) is 3. The quantitative estimate of drug-likeness (QED) is 0.622. The van der Waals surface area contributed by atoms with E-state index >= 15 is 0 Å². The highest BCUT2D eigenvalue weighted by molar-refractivity contribution is 7.98. The van der Waals surface area contributed by atoms with Crippen molar-refractivity contribution in [2.75, 3.05) is 12.0 Å². The summed E-state index contributed by atoms with van der Waals surface area (Å²) in [5, 5.41) is 19.9. The van der Waals surface area contributed by atoms with Crippen molar-refractivity contribution in [2.45, 2.75) is 25.4 Å². The van der Waals surface area contributed by atoms with Gasteiger partial charge in [-0.05, 0) is 25.4 Å². The first-order valence-electron chi connectivity index (χ1n) is 4.19. The van der Waals surface area contributed by atoms with Crippen LogP contribution in [0.1, 0.15) is 13.3 Å². The maximum absolute atomic E-state index is 10.7. The minimum atomic E-state index is -1.04. The number of halogens is 1. The summed E-state index contributed by atoms with van der Waals surface area (Å²) in [6.07, 6.45) is 2.30. The highest BCUT2D eigenvalue weighted by atomic mass is 35.5. The van der Waals surface area contributed by atoms with Gasteiger partial charge >= 0.3 is 11.9 Å². The number of hydrogen-bond acceptors (Lipinski definition) is 4. The van der Waals surface area contributed by atoms with Gasteiger partial charge in [-0.15, -0.1) is 12.4 Å². The van der Waals surface area contributed by atoms with Gasteiger partial charge in [-0.1, -0.05) is 0 Å². The smallest absolute Gasteiger partial charge is 0.320 e. The third-order valence-corrected chi connectivity index (χ3v) is 2.37. The van der Waals surface area contributed by atoms with E-state index in [4.69, 9.17) is 10.2 Å². The standard InChI is InChI=1S/C8H15NO4S.ClH/c1-5(7(10)11)9-6(8(12)13)3-4-14-2;/h5-6,9H,3-4H2,1-2H3,(H,10,11)(H,12,13);1H/t5?,6-;/m0./s1. The molecule has 0 saturated heterocycles. The Kier molecular flexibility index (Phi) is 9.96. The molecule has 3 N–H and O–H groups in total. The molecule has 0 spiro atoms. The highest BCUT2D eigenvalue weighted by Crippen LogP contribution is 2.02. The number of carboxylic acids is 2. The van der Waals surface area contributed by atoms with Crippen LogP contribution in [0, 0.1) is 0 Å². The summed E-state index contributed by atoms with van der Waals surface area (Å²) in [4.78, 5) is 21.2. The van der Waals surface area contributed by atoms with Crippen molar-refractivity contribution in [3.05, 3.63) is 0 Å². The van der Waals surface area contributed by atoms with Gasteiger partial charge in [0, 0.05) is 0 Å². The summed E-state index contributed by atoms with van der Waals surface area (Å²) >= 11 is 1.53. The van der Waals surface area contributed by atoms with Crippen LogP contribution >= 0.6 is 24.2 Å². The predicted molar refractivity (Wildman–Crippen MR) is 61.9 cm³/mol. The molecule has 0 aliphatic rings. The first-order valence-corrected chi connectivity index (χ1v) is 5.59. The van der Waals surface area contributed by atoms with Gasteiger partial charge in [-0.3, -0.25) is 14.9 Å². The summed E-state index contributed by atoms with van der Waals surface area (Å²) in [5.74, 6) is -1.36. The first-order chi connectivity index (χ1) is 6.49. The molecule has 0 saturated carbocycles. The average molecular weight is 258 g/mol. The third kappa shape index (κ3) is 7.47. The van der Waals surface area contributed by atoms with Gasteiger partial charge in [0.1, 0.15) is 12.1 Å². The van der Waals surface area contributed by atoms with E-state index in [2.05, 4.69) is 5.32 Å². The van der Waals surface area contributed by atoms with Crippen molar-refractivity contribution < 1.29 is 19.8 Å². The number of rotatable bonds is 7. The van der Waals surface area contributed by atoms with Crippen molar-refractivity contribution in [1.82, 2.24) is 5.32 Å². The molecule has 5 nitrogen and oxygen atoms in total. The molecule has 0 bridgehead atoms. The molecule has 0 aromatic heterocycles. The summed E-state index contributed by atoms with van der Waals surface area (Å²) < 4.78 is 0. The molecule has 0 rings (SSSR count). The van der Waals surface area contributed by atoms with Crippen molar-refractivity contribution >= 4 is 36.1 Å². The Hall–Kier alpha value is -0.460. The van der Waals surface area contributed by atoms with Crippen molar-refractivity contribution in [2.24, 2.45) is 0 Å². The molecule has 1 unspecified atom stereocenters. The maximum Gasteiger partial charge on any atom is 0.320 e. The molecule has 0 heterocycles. The molecule has 0 aliphatic heterocycles. The van der Waals surface area contributed by atoms with Gasteiger partial charge in [-0.25, -0.2) is 0 Å². The fourth-order valence-corrected chi connectivity index (χ4v) is 1.36. The molecule has 0 amide bonds. The minimum absolute atomic E-state index is 0. The van der Waals surface area contributed by atoms with E-state index in [1.807, 2.05) is 6.26 Å². The molecule has 0 radical (unpaired) electrons. The van der Waals surface area contributed by atoms with E-state index in [-0.39, 0.29) is 12.4 Å². The molecule has 15 heavy (non-hydrogen) atoms. The summed E-state index contributed by atoms with van der Waals surface area (Å²) in [5.41, 5.74) is 0. The number of nitrogens with one attached hydrogen (secondary N) is 1. The maximum atomic E-state index is 10.7. The summed E-state index contributed by atoms with van der Waals surface area (Å²) in [6.45, 7) is 1.43. The van der Waals surface area contributed by atoms with Gasteiger partial charge in [0.2, 0.25) is 0 Å². The van der Waals surface area contributed by atoms with E-state index in [1.54, 1.807) is 0 Å². The van der Waals surface area contributed by atoms with Gasteiger partial charge in [0.25, 0.3) is 0 Å². The van der Waals surface area contributed by atoms with Crippen molar-refractivity contribution in [3.63, 3.8) is 0 Å². The Labute approximate surface area is 99.0 Å². The number of carboxylic acid groups (broad SMARTS) is 2. The number of aliphatic carboxylic acids is 2. The zero-order valence-electron chi connectivity index (χ0n) is 8.60. The molecule has 90 valence electrons. The molecular weight excluding hydrogens is 242 g/mol. The lowest BCUT2D eigenvalue weighted by molar-refractivity contribution is -0.142. The third-order valence-electron chi connectivity index (χ3n) is 1.73. The lowest BCUT2D eigenvalue weighted by Crippen LogP contribution is -2.45. The van der Waals surface area contributed by atoms with Crippen LogP contribution in [0.4, 0.5) is 0 Å². The summed E-state index contributed by atoms with van der Waals surface area (Å²) in [7, 11) is 0. The molecule has 0 aliphatic carbocycles. The molecule has 2 atom stereocenters. The number of carbonyl (C=O) groups is 2. The summed E-state index contributed by atoms with van der Waals surface area (Å²) in [6, 6.07) is -1.62. The van der Waals surface area contributed by atoms with E-state index < -0.39 is 24.0 Å². The highest BCUT2D eigenvalue weighted by Gasteiger charge is 2.21. The van der Waals surface area contributed by atoms with Gasteiger partial charge in [-0.2, -0.15) is 11.8 Å². The lowest BCUT2D eigenvalue weighted by atomic mass is 10.2. The monoisotopic (exact) mass is 257 g/mol. The van der Waals surface area contributed by atoms with E-state index in [1.165, 1.54) is 18.7 Å². The average Bonchev–Trinajstić information content (AvgIpc) is 2.10. The van der Waals surface area contributed by atoms with E-state index in [9.17, 15) is 9.59 Å². The zero-order valence-corrected chi connectivity index (χ0v) is 10.2. The van der Waals surface area contributed by atoms with Crippen LogP contribution < -0.4 is 5.32 Å². The Morgan fingerprint density at radius 1 is 1.33 bits per heavy atom. The molecule has 0 fully saturated rings. The molecule has 0 aromatic rings. The van der Waals surface area contributed by atoms with Crippen LogP contribution in [-0.4, -0.2) is 46.2 Å². The second-order valence-corrected chi connectivity index (χ2v) is 3.88. The van der Waals surface area contributed by atoms with Crippen LogP contribution in [0.25, 0.3) is 0 Å². The van der Waals surface area contributed by atoms with Crippen LogP contribution in [0.3, 0.4) is 0 Å². The Morgan fingerprint density at radius 3 is 2.20 bits per heavy atom. The molecular formula is C8H16ClNO4S. The number of thioether (sulfide) groups is 1. The lowest BCUT2D eigenvalue weighted by Gasteiger charge is -2.16. The fourth-order valence-electron chi connectivity index (χ4n) is 0.887. The van der Waals surface area contributed by atoms with E-state index in [0.717, 1.165) is 0 Å². The largest absolute Gasteiger partial charge is 0.480 e. The zero-order chi connectivity index (χ0) is 11.1. The van der Waals surface area contributed by atoms with E-state index in [0.29, 0.717) is 12.2 Å². The Morgan fingerprint density at radius 2 is 1.87 bits per heavy atom. The second-order valence-electron chi connectivity index (χ2n) is 2.90. The topological polar surface area (TPSA) is 86.6 Å². The Bertz CT molecular complexity index is 215. The SMILES string of the molecule is CSCC[C@H](NC(C)C(=O)O)C(=O)O.Cl. The van der Waals surface area contributed by atoms with Crippen LogP contribution in [0.2, 0.25) is 0 Å². The Balaban J connectivity index is 0. The predicted octanol–water partition coefficient (Wildman–Crippen LogP) is 0.677. The normalized spacial score (nSPS) is 13.7. The van der Waals surface area contributed by atoms with Crippen molar-refractivity contribution in [1.29, 1.82) is 0 Å². The van der Waals surface area contributed by atoms with Crippen LogP contribution in [-0.2, 0) is 9.59 Å².